The summed E-state index contributed by atoms with van der Waals surface area (Å²) in [7, 11) is 0. The Morgan fingerprint density at radius 2 is 2.50 bits per heavy atom. The normalized spacial score (nSPS) is 18.8. The molecule has 0 saturated heterocycles. The van der Waals surface area contributed by atoms with Gasteiger partial charge < -0.3 is 5.32 Å². The van der Waals surface area contributed by atoms with E-state index < -0.39 is 0 Å². The molecule has 1 aliphatic carbocycles. The molecule has 0 unspecified atom stereocenters. The zero-order valence-electron chi connectivity index (χ0n) is 6.92. The molecule has 0 aliphatic heterocycles. The standard InChI is InChI=1S/C8H11N3O/c1-8(2-3-8)6-4-7(9-5-12)11-10-6/h4-5H,2-3H2,1H3,(H2,9,10,11,12). The highest BCUT2D eigenvalue weighted by molar-refractivity contribution is 5.68. The summed E-state index contributed by atoms with van der Waals surface area (Å²) in [4.78, 5) is 10.1. The van der Waals surface area contributed by atoms with Crippen molar-refractivity contribution in [2.45, 2.75) is 25.2 Å². The van der Waals surface area contributed by atoms with Gasteiger partial charge in [0, 0.05) is 17.2 Å². The Hall–Kier alpha value is -1.32. The number of anilines is 1. The molecule has 1 amide bonds. The average molecular weight is 165 g/mol. The number of amides is 1. The van der Waals surface area contributed by atoms with Crippen molar-refractivity contribution in [1.29, 1.82) is 0 Å². The maximum absolute atomic E-state index is 10.1. The summed E-state index contributed by atoms with van der Waals surface area (Å²) < 4.78 is 0. The number of carbonyl (C=O) groups excluding carboxylic acids is 1. The molecule has 1 aliphatic rings. The van der Waals surface area contributed by atoms with Gasteiger partial charge in [-0.15, -0.1) is 0 Å². The summed E-state index contributed by atoms with van der Waals surface area (Å²) in [5.74, 6) is 0.605. The number of nitrogens with one attached hydrogen (secondary N) is 2. The molecule has 1 aromatic rings. The predicted molar refractivity (Wildman–Crippen MR) is 44.9 cm³/mol. The van der Waals surface area contributed by atoms with Gasteiger partial charge in [0.05, 0.1) is 0 Å². The van der Waals surface area contributed by atoms with E-state index in [1.807, 2.05) is 6.07 Å². The van der Waals surface area contributed by atoms with Crippen LogP contribution in [-0.2, 0) is 10.2 Å². The van der Waals surface area contributed by atoms with Crippen LogP contribution in [0.5, 0.6) is 0 Å². The molecule has 1 aromatic heterocycles. The van der Waals surface area contributed by atoms with Gasteiger partial charge in [-0.05, 0) is 12.8 Å². The number of hydrogen-bond donors (Lipinski definition) is 2. The first kappa shape index (κ1) is 7.34. The molecule has 4 heteroatoms. The van der Waals surface area contributed by atoms with Crippen LogP contribution in [-0.4, -0.2) is 16.6 Å². The number of aromatic amines is 1. The zero-order chi connectivity index (χ0) is 8.60. The van der Waals surface area contributed by atoms with Gasteiger partial charge in [0.1, 0.15) is 0 Å². The van der Waals surface area contributed by atoms with E-state index in [2.05, 4.69) is 22.4 Å². The van der Waals surface area contributed by atoms with E-state index in [1.165, 1.54) is 12.8 Å². The molecule has 0 radical (unpaired) electrons. The smallest absolute Gasteiger partial charge is 0.212 e. The quantitative estimate of drug-likeness (QED) is 0.657. The Morgan fingerprint density at radius 1 is 1.75 bits per heavy atom. The van der Waals surface area contributed by atoms with Crippen molar-refractivity contribution in [2.24, 2.45) is 0 Å². The van der Waals surface area contributed by atoms with Gasteiger partial charge in [-0.2, -0.15) is 5.10 Å². The fourth-order valence-electron chi connectivity index (χ4n) is 1.22. The zero-order valence-corrected chi connectivity index (χ0v) is 6.92. The minimum atomic E-state index is 0.288. The number of aromatic nitrogens is 2. The number of nitrogens with zero attached hydrogens (tertiary/aromatic N) is 1. The van der Waals surface area contributed by atoms with Gasteiger partial charge >= 0.3 is 0 Å². The summed E-state index contributed by atoms with van der Waals surface area (Å²) in [5.41, 5.74) is 1.40. The van der Waals surface area contributed by atoms with Gasteiger partial charge in [-0.3, -0.25) is 9.89 Å². The van der Waals surface area contributed by atoms with Crippen molar-refractivity contribution < 1.29 is 4.79 Å². The number of H-pyrrole nitrogens is 1. The second-order valence-electron chi connectivity index (χ2n) is 3.49. The number of rotatable bonds is 3. The maximum atomic E-state index is 10.1. The molecular formula is C8H11N3O. The molecule has 4 nitrogen and oxygen atoms in total. The van der Waals surface area contributed by atoms with Gasteiger partial charge in [-0.25, -0.2) is 0 Å². The van der Waals surface area contributed by atoms with Crippen LogP contribution in [0.4, 0.5) is 5.82 Å². The first-order valence-electron chi connectivity index (χ1n) is 4.01. The van der Waals surface area contributed by atoms with E-state index in [0.29, 0.717) is 12.2 Å². The topological polar surface area (TPSA) is 57.8 Å². The van der Waals surface area contributed by atoms with Crippen LogP contribution in [0.1, 0.15) is 25.5 Å². The van der Waals surface area contributed by atoms with E-state index in [1.54, 1.807) is 0 Å². The Morgan fingerprint density at radius 3 is 3.08 bits per heavy atom. The van der Waals surface area contributed by atoms with Crippen molar-refractivity contribution >= 4 is 12.2 Å². The highest BCUT2D eigenvalue weighted by Crippen LogP contribution is 2.46. The molecule has 12 heavy (non-hydrogen) atoms. The molecule has 0 spiro atoms. The SMILES string of the molecule is CC1(c2cc(NC=O)n[nH]2)CC1. The van der Waals surface area contributed by atoms with Crippen molar-refractivity contribution in [1.82, 2.24) is 10.2 Å². The lowest BCUT2D eigenvalue weighted by atomic mass is 10.1. The van der Waals surface area contributed by atoms with Gasteiger partial charge in [0.15, 0.2) is 5.82 Å². The van der Waals surface area contributed by atoms with E-state index >= 15 is 0 Å². The lowest BCUT2D eigenvalue weighted by Crippen LogP contribution is -1.99. The molecule has 0 atom stereocenters. The molecule has 1 saturated carbocycles. The third-order valence-electron chi connectivity index (χ3n) is 2.43. The van der Waals surface area contributed by atoms with Crippen molar-refractivity contribution in [3.05, 3.63) is 11.8 Å². The fraction of sp³-hybridized carbons (Fsp3) is 0.500. The lowest BCUT2D eigenvalue weighted by Gasteiger charge is -2.01. The molecule has 2 N–H and O–H groups in total. The van der Waals surface area contributed by atoms with E-state index in [4.69, 9.17) is 0 Å². The Bertz CT molecular complexity index is 301. The van der Waals surface area contributed by atoms with Crippen LogP contribution < -0.4 is 5.32 Å². The Labute approximate surface area is 70.4 Å². The van der Waals surface area contributed by atoms with Gasteiger partial charge in [-0.1, -0.05) is 6.92 Å². The number of hydrogen-bond acceptors (Lipinski definition) is 2. The molecule has 64 valence electrons. The predicted octanol–water partition coefficient (Wildman–Crippen LogP) is 1.03. The van der Waals surface area contributed by atoms with E-state index in [0.717, 1.165) is 5.69 Å². The van der Waals surface area contributed by atoms with E-state index in [9.17, 15) is 4.79 Å². The third-order valence-corrected chi connectivity index (χ3v) is 2.43. The molecule has 1 heterocycles. The van der Waals surface area contributed by atoms with Crippen molar-refractivity contribution in [3.8, 4) is 0 Å². The second kappa shape index (κ2) is 2.33. The van der Waals surface area contributed by atoms with Gasteiger partial charge in [0.2, 0.25) is 6.41 Å². The molecule has 0 bridgehead atoms. The molecule has 0 aromatic carbocycles. The Balaban J connectivity index is 2.18. The third kappa shape index (κ3) is 1.09. The van der Waals surface area contributed by atoms with Crippen LogP contribution in [0, 0.1) is 0 Å². The highest BCUT2D eigenvalue weighted by atomic mass is 16.1. The fourth-order valence-corrected chi connectivity index (χ4v) is 1.22. The highest BCUT2D eigenvalue weighted by Gasteiger charge is 2.40. The summed E-state index contributed by atoms with van der Waals surface area (Å²) in [5, 5.41) is 9.37. The van der Waals surface area contributed by atoms with Gasteiger partial charge in [0.25, 0.3) is 0 Å². The summed E-state index contributed by atoms with van der Waals surface area (Å²) in [6.07, 6.45) is 3.04. The number of carbonyl (C=O) groups is 1. The van der Waals surface area contributed by atoms with Crippen LogP contribution in [0.15, 0.2) is 6.07 Å². The molecule has 1 fully saturated rings. The largest absolute Gasteiger partial charge is 0.312 e. The van der Waals surface area contributed by atoms with Crippen molar-refractivity contribution in [3.63, 3.8) is 0 Å². The average Bonchev–Trinajstić information content (AvgIpc) is 2.64. The first-order valence-corrected chi connectivity index (χ1v) is 4.01. The summed E-state index contributed by atoms with van der Waals surface area (Å²) >= 11 is 0. The monoisotopic (exact) mass is 165 g/mol. The lowest BCUT2D eigenvalue weighted by molar-refractivity contribution is -0.105. The minimum Gasteiger partial charge on any atom is -0.312 e. The van der Waals surface area contributed by atoms with E-state index in [-0.39, 0.29) is 5.41 Å². The molecule has 2 rings (SSSR count). The molecular weight excluding hydrogens is 154 g/mol. The Kier molecular flexibility index (Phi) is 1.43. The van der Waals surface area contributed by atoms with Crippen LogP contribution >= 0.6 is 0 Å². The summed E-state index contributed by atoms with van der Waals surface area (Å²) in [6.45, 7) is 2.19. The van der Waals surface area contributed by atoms with Crippen LogP contribution in [0.3, 0.4) is 0 Å². The first-order chi connectivity index (χ1) is 5.74. The maximum Gasteiger partial charge on any atom is 0.212 e. The van der Waals surface area contributed by atoms with Crippen molar-refractivity contribution in [2.75, 3.05) is 5.32 Å². The second-order valence-corrected chi connectivity index (χ2v) is 3.49. The minimum absolute atomic E-state index is 0.288. The summed E-state index contributed by atoms with van der Waals surface area (Å²) in [6, 6.07) is 1.89. The van der Waals surface area contributed by atoms with Crippen LogP contribution in [0.2, 0.25) is 0 Å². The van der Waals surface area contributed by atoms with Crippen LogP contribution in [0.25, 0.3) is 0 Å².